The van der Waals surface area contributed by atoms with Gasteiger partial charge in [-0.1, -0.05) is 5.92 Å². The van der Waals surface area contributed by atoms with Crippen molar-refractivity contribution >= 4 is 12.1 Å². The molecule has 0 unspecified atom stereocenters. The van der Waals surface area contributed by atoms with Crippen molar-refractivity contribution in [3.8, 4) is 11.8 Å². The van der Waals surface area contributed by atoms with Crippen LogP contribution in [-0.4, -0.2) is 42.7 Å². The minimum absolute atomic E-state index is 0.0820. The van der Waals surface area contributed by atoms with Gasteiger partial charge in [0.15, 0.2) is 0 Å². The van der Waals surface area contributed by atoms with Crippen LogP contribution in [0.25, 0.3) is 0 Å². The summed E-state index contributed by atoms with van der Waals surface area (Å²) in [6.07, 6.45) is 2.81. The Bertz CT molecular complexity index is 455. The number of carbonyl (C=O) groups excluding carboxylic acids is 1. The van der Waals surface area contributed by atoms with Crippen LogP contribution in [0.2, 0.25) is 0 Å². The zero-order chi connectivity index (χ0) is 13.0. The number of allylic oxidation sites excluding steroid dienone is 1. The number of likely N-dealkylation sites (tertiary alicyclic amines) is 1. The van der Waals surface area contributed by atoms with Gasteiger partial charge in [0.2, 0.25) is 0 Å². The van der Waals surface area contributed by atoms with E-state index in [9.17, 15) is 4.79 Å². The number of rotatable bonds is 3. The summed E-state index contributed by atoms with van der Waals surface area (Å²) in [5.41, 5.74) is 8.71. The van der Waals surface area contributed by atoms with Gasteiger partial charge in [-0.05, 0) is 31.8 Å². The van der Waals surface area contributed by atoms with Gasteiger partial charge in [-0.25, -0.2) is 5.43 Å². The minimum atomic E-state index is -0.0820. The monoisotopic (exact) mass is 246 g/mol. The fourth-order valence-electron chi connectivity index (χ4n) is 2.05. The van der Waals surface area contributed by atoms with Crippen molar-refractivity contribution in [3.05, 3.63) is 11.3 Å². The topological polar surface area (TPSA) is 56.7 Å². The molecule has 0 aliphatic carbocycles. The summed E-state index contributed by atoms with van der Waals surface area (Å²) in [5.74, 6) is 5.13. The van der Waals surface area contributed by atoms with Crippen molar-refractivity contribution < 1.29 is 4.79 Å². The molecular formula is C13H18N4O. The molecule has 0 aromatic rings. The van der Waals surface area contributed by atoms with Crippen LogP contribution in [0.1, 0.15) is 20.3 Å². The van der Waals surface area contributed by atoms with E-state index in [0.717, 1.165) is 24.2 Å². The molecule has 2 aliphatic heterocycles. The van der Waals surface area contributed by atoms with Crippen LogP contribution in [-0.2, 0) is 4.79 Å². The highest BCUT2D eigenvalue weighted by molar-refractivity contribution is 5.93. The standard InChI is InChI=1S/C13H18N4O/c1-3-4-13(18)17-6-5-11(9-17)15-16-12-8-14-7-10(12)2/h7,11,15-16H,5-6,8-9H2,1-2H3/t11-/m0/s1. The molecule has 1 amide bonds. The highest BCUT2D eigenvalue weighted by Gasteiger charge is 2.25. The van der Waals surface area contributed by atoms with Crippen molar-refractivity contribution in [3.63, 3.8) is 0 Å². The molecule has 5 heteroatoms. The van der Waals surface area contributed by atoms with E-state index in [1.807, 2.05) is 13.1 Å². The van der Waals surface area contributed by atoms with Crippen LogP contribution in [0.3, 0.4) is 0 Å². The van der Waals surface area contributed by atoms with Crippen LogP contribution in [0.4, 0.5) is 0 Å². The smallest absolute Gasteiger partial charge is 0.298 e. The lowest BCUT2D eigenvalue weighted by molar-refractivity contribution is -0.124. The van der Waals surface area contributed by atoms with E-state index in [0.29, 0.717) is 13.1 Å². The first kappa shape index (κ1) is 12.7. The van der Waals surface area contributed by atoms with E-state index in [1.165, 1.54) is 0 Å². The number of amides is 1. The van der Waals surface area contributed by atoms with Gasteiger partial charge in [0, 0.05) is 25.3 Å². The third-order valence-electron chi connectivity index (χ3n) is 3.14. The molecule has 1 saturated heterocycles. The van der Waals surface area contributed by atoms with Gasteiger partial charge in [-0.15, -0.1) is 0 Å². The number of hydrazine groups is 1. The maximum Gasteiger partial charge on any atom is 0.298 e. The molecule has 2 aliphatic rings. The Morgan fingerprint density at radius 1 is 1.61 bits per heavy atom. The van der Waals surface area contributed by atoms with E-state index < -0.39 is 0 Å². The largest absolute Gasteiger partial charge is 0.330 e. The molecule has 2 heterocycles. The first-order valence-electron chi connectivity index (χ1n) is 6.13. The normalized spacial score (nSPS) is 22.1. The molecule has 0 saturated carbocycles. The molecule has 96 valence electrons. The summed E-state index contributed by atoms with van der Waals surface area (Å²) in [4.78, 5) is 17.5. The quantitative estimate of drug-likeness (QED) is 0.547. The van der Waals surface area contributed by atoms with Crippen LogP contribution in [0, 0.1) is 11.8 Å². The zero-order valence-electron chi connectivity index (χ0n) is 10.8. The Balaban J connectivity index is 1.78. The third-order valence-corrected chi connectivity index (χ3v) is 3.14. The summed E-state index contributed by atoms with van der Waals surface area (Å²) in [5, 5.41) is 0. The predicted molar refractivity (Wildman–Crippen MR) is 70.8 cm³/mol. The summed E-state index contributed by atoms with van der Waals surface area (Å²) >= 11 is 0. The Morgan fingerprint density at radius 3 is 3.11 bits per heavy atom. The Hall–Kier alpha value is -1.80. The third kappa shape index (κ3) is 2.90. The van der Waals surface area contributed by atoms with Crippen LogP contribution in [0.15, 0.2) is 16.3 Å². The molecule has 18 heavy (non-hydrogen) atoms. The van der Waals surface area contributed by atoms with Gasteiger partial charge in [0.05, 0.1) is 12.2 Å². The zero-order valence-corrected chi connectivity index (χ0v) is 10.8. The van der Waals surface area contributed by atoms with E-state index in [4.69, 9.17) is 0 Å². The molecular weight excluding hydrogens is 228 g/mol. The van der Waals surface area contributed by atoms with E-state index in [-0.39, 0.29) is 11.9 Å². The van der Waals surface area contributed by atoms with Crippen molar-refractivity contribution in [2.24, 2.45) is 4.99 Å². The summed E-state index contributed by atoms with van der Waals surface area (Å²) in [6.45, 7) is 5.88. The highest BCUT2D eigenvalue weighted by Crippen LogP contribution is 2.10. The van der Waals surface area contributed by atoms with Crippen molar-refractivity contribution in [1.82, 2.24) is 15.8 Å². The van der Waals surface area contributed by atoms with Gasteiger partial charge in [0.25, 0.3) is 5.91 Å². The Morgan fingerprint density at radius 2 is 2.44 bits per heavy atom. The number of carbonyl (C=O) groups is 1. The number of aliphatic imine (C=N–C) groups is 1. The van der Waals surface area contributed by atoms with E-state index in [2.05, 4.69) is 27.7 Å². The minimum Gasteiger partial charge on any atom is -0.330 e. The van der Waals surface area contributed by atoms with Gasteiger partial charge in [0.1, 0.15) is 0 Å². The SMILES string of the molecule is CC#CC(=O)N1CC[C@H](NNC2=C(C)C=NC2)C1. The van der Waals surface area contributed by atoms with E-state index >= 15 is 0 Å². The van der Waals surface area contributed by atoms with Crippen molar-refractivity contribution in [1.29, 1.82) is 0 Å². The first-order valence-corrected chi connectivity index (χ1v) is 6.13. The van der Waals surface area contributed by atoms with Gasteiger partial charge < -0.3 is 10.3 Å². The lowest BCUT2D eigenvalue weighted by Crippen LogP contribution is -2.43. The second-order valence-corrected chi connectivity index (χ2v) is 4.51. The second kappa shape index (κ2) is 5.69. The average Bonchev–Trinajstić information content (AvgIpc) is 2.96. The molecule has 2 rings (SSSR count). The fraction of sp³-hybridized carbons (Fsp3) is 0.538. The molecule has 0 spiro atoms. The number of hydrogen-bond donors (Lipinski definition) is 2. The maximum atomic E-state index is 11.6. The molecule has 0 bridgehead atoms. The number of nitrogens with zero attached hydrogens (tertiary/aromatic N) is 2. The fourth-order valence-corrected chi connectivity index (χ4v) is 2.05. The van der Waals surface area contributed by atoms with Gasteiger partial charge in [-0.2, -0.15) is 0 Å². The lowest BCUT2D eigenvalue weighted by atomic mass is 10.3. The summed E-state index contributed by atoms with van der Waals surface area (Å²) < 4.78 is 0. The highest BCUT2D eigenvalue weighted by atomic mass is 16.2. The summed E-state index contributed by atoms with van der Waals surface area (Å²) in [7, 11) is 0. The van der Waals surface area contributed by atoms with Crippen molar-refractivity contribution in [2.45, 2.75) is 26.3 Å². The van der Waals surface area contributed by atoms with E-state index in [1.54, 1.807) is 11.8 Å². The molecule has 1 fully saturated rings. The summed E-state index contributed by atoms with van der Waals surface area (Å²) in [6, 6.07) is 0.272. The number of hydrogen-bond acceptors (Lipinski definition) is 4. The molecule has 1 atom stereocenters. The molecule has 2 N–H and O–H groups in total. The van der Waals surface area contributed by atoms with Crippen LogP contribution < -0.4 is 10.9 Å². The lowest BCUT2D eigenvalue weighted by Gasteiger charge is -2.16. The Kier molecular flexibility index (Phi) is 4.00. The number of nitrogens with one attached hydrogen (secondary N) is 2. The van der Waals surface area contributed by atoms with Gasteiger partial charge >= 0.3 is 0 Å². The maximum absolute atomic E-state index is 11.6. The molecule has 0 radical (unpaired) electrons. The predicted octanol–water partition coefficient (Wildman–Crippen LogP) is 0.0632. The van der Waals surface area contributed by atoms with Crippen LogP contribution >= 0.6 is 0 Å². The average molecular weight is 246 g/mol. The first-order chi connectivity index (χ1) is 8.70. The molecule has 0 aromatic carbocycles. The Labute approximate surface area is 107 Å². The van der Waals surface area contributed by atoms with Crippen molar-refractivity contribution in [2.75, 3.05) is 19.6 Å². The van der Waals surface area contributed by atoms with Crippen LogP contribution in [0.5, 0.6) is 0 Å². The van der Waals surface area contributed by atoms with Gasteiger partial charge in [-0.3, -0.25) is 9.79 Å². The molecule has 5 nitrogen and oxygen atoms in total. The second-order valence-electron chi connectivity index (χ2n) is 4.51. The molecule has 0 aromatic heterocycles.